The van der Waals surface area contributed by atoms with Crippen molar-refractivity contribution in [3.63, 3.8) is 0 Å². The van der Waals surface area contributed by atoms with E-state index in [1.807, 2.05) is 11.6 Å². The van der Waals surface area contributed by atoms with Gasteiger partial charge in [0, 0.05) is 25.6 Å². The molecule has 0 saturated heterocycles. The number of halogens is 1. The molecular formula is C16H20FN5O2. The number of benzene rings is 1. The number of aromatic nitrogens is 3. The molecule has 2 amide bonds. The maximum Gasteiger partial charge on any atom is 0.315 e. The summed E-state index contributed by atoms with van der Waals surface area (Å²) < 4.78 is 20.6. The molecule has 2 heterocycles. The number of urea groups is 1. The van der Waals surface area contributed by atoms with E-state index in [2.05, 4.69) is 20.9 Å². The zero-order chi connectivity index (χ0) is 16.9. The maximum atomic E-state index is 13.1. The predicted molar refractivity (Wildman–Crippen MR) is 84.5 cm³/mol. The number of nitrogens with one attached hydrogen (secondary N) is 2. The second kappa shape index (κ2) is 7.39. The van der Waals surface area contributed by atoms with Gasteiger partial charge in [0.1, 0.15) is 5.82 Å². The number of hydrogen-bond donors (Lipinski definition) is 2. The molecule has 1 aromatic carbocycles. The number of hydrogen-bond acceptors (Lipinski definition) is 4. The van der Waals surface area contributed by atoms with E-state index in [4.69, 9.17) is 4.74 Å². The van der Waals surface area contributed by atoms with Crippen LogP contribution in [0.4, 0.5) is 9.18 Å². The molecule has 1 aliphatic rings. The molecule has 3 rings (SSSR count). The summed E-state index contributed by atoms with van der Waals surface area (Å²) in [5, 5.41) is 13.7. The zero-order valence-corrected chi connectivity index (χ0v) is 13.5. The Morgan fingerprint density at radius 1 is 1.46 bits per heavy atom. The summed E-state index contributed by atoms with van der Waals surface area (Å²) in [6.45, 7) is 4.33. The number of aryl methyl sites for hydroxylation is 1. The van der Waals surface area contributed by atoms with Crippen molar-refractivity contribution in [1.82, 2.24) is 25.6 Å². The molecule has 24 heavy (non-hydrogen) atoms. The van der Waals surface area contributed by atoms with Crippen LogP contribution in [0.25, 0.3) is 0 Å². The molecule has 0 bridgehead atoms. The minimum absolute atomic E-state index is 0.118. The Morgan fingerprint density at radius 3 is 3.17 bits per heavy atom. The van der Waals surface area contributed by atoms with Crippen LogP contribution in [0.2, 0.25) is 0 Å². The molecule has 0 saturated carbocycles. The van der Waals surface area contributed by atoms with E-state index in [0.29, 0.717) is 31.9 Å². The fraction of sp³-hybridized carbons (Fsp3) is 0.438. The van der Waals surface area contributed by atoms with Crippen molar-refractivity contribution >= 4 is 6.03 Å². The number of carbonyl (C=O) groups excluding carboxylic acids is 1. The number of nitrogens with zero attached hydrogens (tertiary/aromatic N) is 3. The zero-order valence-electron chi connectivity index (χ0n) is 13.5. The third kappa shape index (κ3) is 4.08. The minimum atomic E-state index is -0.316. The number of carbonyl (C=O) groups is 1. The van der Waals surface area contributed by atoms with Gasteiger partial charge in [-0.3, -0.25) is 0 Å². The lowest BCUT2D eigenvalue weighted by Crippen LogP contribution is -2.39. The van der Waals surface area contributed by atoms with Gasteiger partial charge < -0.3 is 15.4 Å². The van der Waals surface area contributed by atoms with E-state index >= 15 is 0 Å². The molecule has 2 aromatic rings. The summed E-state index contributed by atoms with van der Waals surface area (Å²) in [5.74, 6) is -0.198. The first kappa shape index (κ1) is 16.4. The SMILES string of the molecule is Cc1nnn2c1COCC(CNC(=O)NCc1cccc(F)c1)C2. The van der Waals surface area contributed by atoms with Crippen molar-refractivity contribution in [2.75, 3.05) is 13.2 Å². The molecule has 2 N–H and O–H groups in total. The van der Waals surface area contributed by atoms with Crippen LogP contribution in [0.1, 0.15) is 17.0 Å². The van der Waals surface area contributed by atoms with Crippen molar-refractivity contribution in [3.05, 3.63) is 47.0 Å². The van der Waals surface area contributed by atoms with Gasteiger partial charge in [-0.05, 0) is 24.6 Å². The molecule has 1 atom stereocenters. The Bertz CT molecular complexity index is 718. The van der Waals surface area contributed by atoms with E-state index in [1.165, 1.54) is 12.1 Å². The third-order valence-corrected chi connectivity index (χ3v) is 3.95. The number of ether oxygens (including phenoxy) is 1. The lowest BCUT2D eigenvalue weighted by atomic mass is 10.1. The Kier molecular flexibility index (Phi) is 5.05. The van der Waals surface area contributed by atoms with Crippen LogP contribution in [0.15, 0.2) is 24.3 Å². The lowest BCUT2D eigenvalue weighted by Gasteiger charge is -2.15. The van der Waals surface area contributed by atoms with Gasteiger partial charge in [-0.15, -0.1) is 5.10 Å². The van der Waals surface area contributed by atoms with E-state index in [1.54, 1.807) is 12.1 Å². The van der Waals surface area contributed by atoms with Crippen LogP contribution in [0, 0.1) is 18.7 Å². The fourth-order valence-electron chi connectivity index (χ4n) is 2.62. The third-order valence-electron chi connectivity index (χ3n) is 3.95. The second-order valence-corrected chi connectivity index (χ2v) is 5.88. The molecule has 0 spiro atoms. The summed E-state index contributed by atoms with van der Waals surface area (Å²) in [6.07, 6.45) is 0. The highest BCUT2D eigenvalue weighted by Gasteiger charge is 2.20. The van der Waals surface area contributed by atoms with Crippen LogP contribution in [-0.2, 0) is 24.4 Å². The van der Waals surface area contributed by atoms with Crippen LogP contribution < -0.4 is 10.6 Å². The summed E-state index contributed by atoms with van der Waals surface area (Å²) in [7, 11) is 0. The van der Waals surface area contributed by atoms with Gasteiger partial charge in [-0.1, -0.05) is 17.3 Å². The summed E-state index contributed by atoms with van der Waals surface area (Å²) in [6, 6.07) is 5.85. The van der Waals surface area contributed by atoms with Crippen LogP contribution in [-0.4, -0.2) is 34.2 Å². The predicted octanol–water partition coefficient (Wildman–Crippen LogP) is 1.37. The van der Waals surface area contributed by atoms with Crippen LogP contribution in [0.3, 0.4) is 0 Å². The summed E-state index contributed by atoms with van der Waals surface area (Å²) in [5.41, 5.74) is 2.56. The average molecular weight is 333 g/mol. The van der Waals surface area contributed by atoms with Gasteiger partial charge in [-0.25, -0.2) is 13.9 Å². The Balaban J connectivity index is 1.46. The molecule has 1 unspecified atom stereocenters. The smallest absolute Gasteiger partial charge is 0.315 e. The van der Waals surface area contributed by atoms with Crippen molar-refractivity contribution < 1.29 is 13.9 Å². The maximum absolute atomic E-state index is 13.1. The van der Waals surface area contributed by atoms with Gasteiger partial charge in [0.25, 0.3) is 0 Å². The minimum Gasteiger partial charge on any atom is -0.375 e. The fourth-order valence-corrected chi connectivity index (χ4v) is 2.62. The number of amides is 2. The molecule has 7 nitrogen and oxygen atoms in total. The monoisotopic (exact) mass is 333 g/mol. The van der Waals surface area contributed by atoms with Crippen LogP contribution >= 0.6 is 0 Å². The van der Waals surface area contributed by atoms with Crippen molar-refractivity contribution in [2.24, 2.45) is 5.92 Å². The average Bonchev–Trinajstić information content (AvgIpc) is 2.80. The van der Waals surface area contributed by atoms with Crippen molar-refractivity contribution in [3.8, 4) is 0 Å². The molecule has 8 heteroatoms. The first-order valence-corrected chi connectivity index (χ1v) is 7.84. The number of rotatable bonds is 4. The highest BCUT2D eigenvalue weighted by atomic mass is 19.1. The van der Waals surface area contributed by atoms with E-state index in [-0.39, 0.29) is 24.3 Å². The standard InChI is InChI=1S/C16H20FN5O2/c1-11-15-10-24-9-13(8-22(15)21-20-11)7-19-16(23)18-6-12-3-2-4-14(17)5-12/h2-5,13H,6-10H2,1H3,(H2,18,19,23). The first-order chi connectivity index (χ1) is 11.6. The Labute approximate surface area is 139 Å². The lowest BCUT2D eigenvalue weighted by molar-refractivity contribution is 0.0943. The first-order valence-electron chi connectivity index (χ1n) is 7.84. The Morgan fingerprint density at radius 2 is 2.33 bits per heavy atom. The second-order valence-electron chi connectivity index (χ2n) is 5.88. The largest absolute Gasteiger partial charge is 0.375 e. The molecule has 128 valence electrons. The topological polar surface area (TPSA) is 81.1 Å². The number of fused-ring (bicyclic) bond motifs is 1. The van der Waals surface area contributed by atoms with Gasteiger partial charge in [0.15, 0.2) is 0 Å². The van der Waals surface area contributed by atoms with E-state index < -0.39 is 0 Å². The van der Waals surface area contributed by atoms with Crippen LogP contribution in [0.5, 0.6) is 0 Å². The van der Waals surface area contributed by atoms with E-state index in [0.717, 1.165) is 11.4 Å². The van der Waals surface area contributed by atoms with E-state index in [9.17, 15) is 9.18 Å². The van der Waals surface area contributed by atoms with Gasteiger partial charge in [0.2, 0.25) is 0 Å². The van der Waals surface area contributed by atoms with Crippen molar-refractivity contribution in [2.45, 2.75) is 26.6 Å². The molecule has 1 aromatic heterocycles. The molecule has 0 fully saturated rings. The highest BCUT2D eigenvalue weighted by Crippen LogP contribution is 2.14. The Hall–Kier alpha value is -2.48. The molecule has 0 radical (unpaired) electrons. The normalized spacial score (nSPS) is 17.0. The summed E-state index contributed by atoms with van der Waals surface area (Å²) in [4.78, 5) is 11.9. The van der Waals surface area contributed by atoms with Gasteiger partial charge in [-0.2, -0.15) is 0 Å². The quantitative estimate of drug-likeness (QED) is 0.885. The van der Waals surface area contributed by atoms with Gasteiger partial charge in [0.05, 0.1) is 24.6 Å². The van der Waals surface area contributed by atoms with Gasteiger partial charge >= 0.3 is 6.03 Å². The summed E-state index contributed by atoms with van der Waals surface area (Å²) >= 11 is 0. The highest BCUT2D eigenvalue weighted by molar-refractivity contribution is 5.73. The molecule has 1 aliphatic heterocycles. The van der Waals surface area contributed by atoms with Crippen molar-refractivity contribution in [1.29, 1.82) is 0 Å². The molecule has 0 aliphatic carbocycles. The molecular weight excluding hydrogens is 313 g/mol.